The van der Waals surface area contributed by atoms with Gasteiger partial charge in [-0.2, -0.15) is 0 Å². The van der Waals surface area contributed by atoms with Crippen LogP contribution in [0.2, 0.25) is 0 Å². The maximum Gasteiger partial charge on any atom is 0.250 e. The summed E-state index contributed by atoms with van der Waals surface area (Å²) in [4.78, 5) is 2.65. The van der Waals surface area contributed by atoms with Crippen molar-refractivity contribution in [1.29, 1.82) is 0 Å². The first-order valence-electron chi connectivity index (χ1n) is 5.76. The molecule has 0 radical (unpaired) electrons. The van der Waals surface area contributed by atoms with Gasteiger partial charge in [-0.05, 0) is 31.2 Å². The molecule has 0 aliphatic rings. The molecule has 0 amide bonds. The summed E-state index contributed by atoms with van der Waals surface area (Å²) < 4.78 is 27.0. The third-order valence-corrected chi connectivity index (χ3v) is 6.26. The van der Waals surface area contributed by atoms with Crippen molar-refractivity contribution in [1.82, 2.24) is 4.72 Å². The van der Waals surface area contributed by atoms with Crippen molar-refractivity contribution in [3.8, 4) is 11.8 Å². The van der Waals surface area contributed by atoms with Crippen molar-refractivity contribution in [2.24, 2.45) is 0 Å². The average Bonchev–Trinajstić information content (AvgIpc) is 3.03. The van der Waals surface area contributed by atoms with E-state index in [1.165, 1.54) is 22.7 Å². The molecule has 0 aromatic carbocycles. The molecular formula is C13H13NO3S3. The fraction of sp³-hybridized carbons (Fsp3) is 0.231. The van der Waals surface area contributed by atoms with Gasteiger partial charge in [0, 0.05) is 16.3 Å². The molecule has 0 unspecified atom stereocenters. The summed E-state index contributed by atoms with van der Waals surface area (Å²) in [5.41, 5.74) is 0. The van der Waals surface area contributed by atoms with E-state index in [1.54, 1.807) is 12.1 Å². The molecule has 2 heterocycles. The largest absolute Gasteiger partial charge is 0.384 e. The van der Waals surface area contributed by atoms with Gasteiger partial charge in [0.25, 0.3) is 0 Å². The van der Waals surface area contributed by atoms with Crippen LogP contribution >= 0.6 is 22.7 Å². The molecule has 0 fully saturated rings. The van der Waals surface area contributed by atoms with Gasteiger partial charge >= 0.3 is 0 Å². The number of hydrogen-bond acceptors (Lipinski definition) is 5. The van der Waals surface area contributed by atoms with Crippen LogP contribution in [0.15, 0.2) is 28.5 Å². The highest BCUT2D eigenvalue weighted by atomic mass is 32.2. The molecule has 0 aliphatic carbocycles. The van der Waals surface area contributed by atoms with Crippen LogP contribution in [0.25, 0.3) is 0 Å². The number of hydrogen-bond donors (Lipinski definition) is 2. The van der Waals surface area contributed by atoms with Gasteiger partial charge in [-0.25, -0.2) is 13.1 Å². The third-order valence-electron chi connectivity index (χ3n) is 2.37. The standard InChI is InChI=1S/C13H13NO3S3/c1-10-4-7-13(18-10)20(16,17)14-9-12-6-5-11(19-12)3-2-8-15/h4-7,14-15H,8-9H2,1H3. The van der Waals surface area contributed by atoms with Crippen molar-refractivity contribution < 1.29 is 13.5 Å². The number of nitrogens with one attached hydrogen (secondary N) is 1. The van der Waals surface area contributed by atoms with E-state index in [9.17, 15) is 8.42 Å². The predicted octanol–water partition coefficient (Wildman–Crippen LogP) is 1.94. The van der Waals surface area contributed by atoms with Gasteiger partial charge in [-0.15, -0.1) is 22.7 Å². The van der Waals surface area contributed by atoms with Crippen LogP contribution in [0, 0.1) is 18.8 Å². The van der Waals surface area contributed by atoms with Gasteiger partial charge in [0.1, 0.15) is 10.8 Å². The minimum absolute atomic E-state index is 0.183. The maximum absolute atomic E-state index is 12.0. The number of aliphatic hydroxyl groups excluding tert-OH is 1. The molecule has 0 aliphatic heterocycles. The minimum Gasteiger partial charge on any atom is -0.384 e. The van der Waals surface area contributed by atoms with Crippen LogP contribution in [0.1, 0.15) is 14.6 Å². The minimum atomic E-state index is -3.45. The van der Waals surface area contributed by atoms with Gasteiger partial charge in [0.05, 0.1) is 4.88 Å². The Morgan fingerprint density at radius 3 is 2.70 bits per heavy atom. The lowest BCUT2D eigenvalue weighted by Gasteiger charge is -2.02. The Morgan fingerprint density at radius 1 is 1.25 bits per heavy atom. The topological polar surface area (TPSA) is 66.4 Å². The Bertz CT molecular complexity index is 747. The number of thiophene rings is 2. The average molecular weight is 327 g/mol. The Hall–Kier alpha value is -1.17. The van der Waals surface area contributed by atoms with E-state index in [2.05, 4.69) is 16.6 Å². The molecule has 0 atom stereocenters. The van der Waals surface area contributed by atoms with Gasteiger partial charge in [-0.3, -0.25) is 0 Å². The maximum atomic E-state index is 12.0. The second-order valence-electron chi connectivity index (χ2n) is 3.92. The fourth-order valence-corrected chi connectivity index (χ4v) is 4.71. The molecule has 106 valence electrons. The first-order valence-corrected chi connectivity index (χ1v) is 8.87. The first kappa shape index (κ1) is 15.2. The van der Waals surface area contributed by atoms with Gasteiger partial charge in [-0.1, -0.05) is 11.8 Å². The molecule has 2 aromatic rings. The van der Waals surface area contributed by atoms with Crippen molar-refractivity contribution in [3.63, 3.8) is 0 Å². The number of aliphatic hydroxyl groups is 1. The fourth-order valence-electron chi connectivity index (χ4n) is 1.46. The third kappa shape index (κ3) is 3.91. The molecule has 2 rings (SSSR count). The Morgan fingerprint density at radius 2 is 2.05 bits per heavy atom. The van der Waals surface area contributed by atoms with Crippen LogP contribution in [0.5, 0.6) is 0 Å². The van der Waals surface area contributed by atoms with E-state index in [4.69, 9.17) is 5.11 Å². The molecule has 4 nitrogen and oxygen atoms in total. The second kappa shape index (κ2) is 6.52. The van der Waals surface area contributed by atoms with Crippen LogP contribution in [0.3, 0.4) is 0 Å². The summed E-state index contributed by atoms with van der Waals surface area (Å²) in [5, 5.41) is 8.61. The quantitative estimate of drug-likeness (QED) is 0.844. The van der Waals surface area contributed by atoms with Gasteiger partial charge in [0.15, 0.2) is 0 Å². The monoisotopic (exact) mass is 327 g/mol. The highest BCUT2D eigenvalue weighted by Crippen LogP contribution is 2.21. The molecule has 0 spiro atoms. The Kier molecular flexibility index (Phi) is 4.96. The number of rotatable bonds is 4. The van der Waals surface area contributed by atoms with Gasteiger partial charge < -0.3 is 5.11 Å². The van der Waals surface area contributed by atoms with E-state index < -0.39 is 10.0 Å². The number of sulfonamides is 1. The van der Waals surface area contributed by atoms with E-state index in [0.29, 0.717) is 4.21 Å². The Balaban J connectivity index is 2.03. The highest BCUT2D eigenvalue weighted by molar-refractivity contribution is 7.91. The van der Waals surface area contributed by atoms with Crippen molar-refractivity contribution in [3.05, 3.63) is 38.9 Å². The molecule has 0 saturated carbocycles. The Labute approximate surface area is 126 Å². The van der Waals surface area contributed by atoms with E-state index in [0.717, 1.165) is 14.6 Å². The smallest absolute Gasteiger partial charge is 0.250 e. The summed E-state index contributed by atoms with van der Waals surface area (Å²) in [5.74, 6) is 5.35. The normalized spacial score (nSPS) is 11.1. The first-order chi connectivity index (χ1) is 9.51. The zero-order chi connectivity index (χ0) is 14.6. The zero-order valence-electron chi connectivity index (χ0n) is 10.7. The van der Waals surface area contributed by atoms with E-state index in [1.807, 2.05) is 19.1 Å². The van der Waals surface area contributed by atoms with E-state index >= 15 is 0 Å². The summed E-state index contributed by atoms with van der Waals surface area (Å²) in [7, 11) is -3.45. The molecular weight excluding hydrogens is 314 g/mol. The molecule has 7 heteroatoms. The van der Waals surface area contributed by atoms with Crippen LogP contribution < -0.4 is 4.72 Å². The van der Waals surface area contributed by atoms with Crippen molar-refractivity contribution in [2.75, 3.05) is 6.61 Å². The number of aryl methyl sites for hydroxylation is 1. The van der Waals surface area contributed by atoms with E-state index in [-0.39, 0.29) is 13.2 Å². The lowest BCUT2D eigenvalue weighted by Crippen LogP contribution is -2.21. The summed E-state index contributed by atoms with van der Waals surface area (Å²) in [6.07, 6.45) is 0. The summed E-state index contributed by atoms with van der Waals surface area (Å²) in [6.45, 7) is 1.93. The lowest BCUT2D eigenvalue weighted by atomic mass is 10.4. The highest BCUT2D eigenvalue weighted by Gasteiger charge is 2.15. The second-order valence-corrected chi connectivity index (χ2v) is 8.37. The summed E-state index contributed by atoms with van der Waals surface area (Å²) in [6, 6.07) is 7.03. The van der Waals surface area contributed by atoms with Crippen LogP contribution in [-0.4, -0.2) is 20.1 Å². The molecule has 2 aromatic heterocycles. The van der Waals surface area contributed by atoms with Crippen LogP contribution in [-0.2, 0) is 16.6 Å². The van der Waals surface area contributed by atoms with Crippen molar-refractivity contribution >= 4 is 32.7 Å². The molecule has 20 heavy (non-hydrogen) atoms. The summed E-state index contributed by atoms with van der Waals surface area (Å²) >= 11 is 2.65. The molecule has 2 N–H and O–H groups in total. The lowest BCUT2D eigenvalue weighted by molar-refractivity contribution is 0.350. The SMILES string of the molecule is Cc1ccc(S(=O)(=O)NCc2ccc(C#CCO)s2)s1. The predicted molar refractivity (Wildman–Crippen MR) is 81.4 cm³/mol. The molecule has 0 bridgehead atoms. The molecule has 0 saturated heterocycles. The zero-order valence-corrected chi connectivity index (χ0v) is 13.2. The van der Waals surface area contributed by atoms with Crippen molar-refractivity contribution in [2.45, 2.75) is 17.7 Å². The van der Waals surface area contributed by atoms with Gasteiger partial charge in [0.2, 0.25) is 10.0 Å². The van der Waals surface area contributed by atoms with Crippen LogP contribution in [0.4, 0.5) is 0 Å².